The van der Waals surface area contributed by atoms with Gasteiger partial charge in [0.2, 0.25) is 5.88 Å². The molecule has 0 aliphatic rings. The molecule has 0 unspecified atom stereocenters. The van der Waals surface area contributed by atoms with Gasteiger partial charge in [0.1, 0.15) is 5.75 Å². The first-order chi connectivity index (χ1) is 8.79. The monoisotopic (exact) mass is 307 g/mol. The van der Waals surface area contributed by atoms with Gasteiger partial charge in [0, 0.05) is 29.0 Å². The molecule has 2 aromatic heterocycles. The van der Waals surface area contributed by atoms with E-state index < -0.39 is 0 Å². The maximum absolute atomic E-state index is 5.73. The second-order valence-electron chi connectivity index (χ2n) is 3.69. The molecule has 0 radical (unpaired) electrons. The Kier molecular flexibility index (Phi) is 4.66. The number of rotatable bonds is 5. The highest BCUT2D eigenvalue weighted by atomic mass is 79.9. The van der Waals surface area contributed by atoms with Gasteiger partial charge in [0.25, 0.3) is 0 Å². The molecule has 2 rings (SSSR count). The highest BCUT2D eigenvalue weighted by molar-refractivity contribution is 9.10. The number of hydrogen-bond acceptors (Lipinski definition) is 4. The Bertz CT molecular complexity index is 505. The van der Waals surface area contributed by atoms with Gasteiger partial charge >= 0.3 is 0 Å². The molecule has 0 spiro atoms. The van der Waals surface area contributed by atoms with Crippen LogP contribution in [0, 0.1) is 0 Å². The van der Waals surface area contributed by atoms with Crippen molar-refractivity contribution in [2.75, 3.05) is 6.54 Å². The zero-order chi connectivity index (χ0) is 12.8. The Hall–Kier alpha value is -1.46. The lowest BCUT2D eigenvalue weighted by molar-refractivity contribution is 0.451. The third-order valence-electron chi connectivity index (χ3n) is 2.31. The van der Waals surface area contributed by atoms with Crippen LogP contribution in [0.5, 0.6) is 11.6 Å². The van der Waals surface area contributed by atoms with E-state index in [0.717, 1.165) is 23.1 Å². The summed E-state index contributed by atoms with van der Waals surface area (Å²) in [6.07, 6.45) is 5.10. The largest absolute Gasteiger partial charge is 0.437 e. The minimum atomic E-state index is 0.604. The van der Waals surface area contributed by atoms with E-state index in [0.29, 0.717) is 11.6 Å². The molecule has 0 aromatic carbocycles. The standard InChI is InChI=1S/C13H14BrN3O/c1-2-15-7-10-6-11(14)8-17-13(10)18-12-4-3-5-16-9-12/h3-6,8-9,15H,2,7H2,1H3. The molecule has 0 aliphatic carbocycles. The zero-order valence-electron chi connectivity index (χ0n) is 10.1. The van der Waals surface area contributed by atoms with Crippen molar-refractivity contribution in [2.24, 2.45) is 0 Å². The number of aromatic nitrogens is 2. The summed E-state index contributed by atoms with van der Waals surface area (Å²) in [5.41, 5.74) is 1.01. The predicted molar refractivity (Wildman–Crippen MR) is 73.6 cm³/mol. The van der Waals surface area contributed by atoms with Crippen LogP contribution in [0.3, 0.4) is 0 Å². The van der Waals surface area contributed by atoms with Crippen molar-refractivity contribution in [3.05, 3.63) is 46.8 Å². The number of pyridine rings is 2. The first-order valence-electron chi connectivity index (χ1n) is 5.72. The van der Waals surface area contributed by atoms with E-state index in [1.807, 2.05) is 18.2 Å². The van der Waals surface area contributed by atoms with Crippen LogP contribution in [0.2, 0.25) is 0 Å². The van der Waals surface area contributed by atoms with Gasteiger partial charge in [-0.2, -0.15) is 0 Å². The summed E-state index contributed by atoms with van der Waals surface area (Å²) >= 11 is 3.42. The molecule has 0 aliphatic heterocycles. The van der Waals surface area contributed by atoms with E-state index in [4.69, 9.17) is 4.74 Å². The lowest BCUT2D eigenvalue weighted by atomic mass is 10.2. The minimum Gasteiger partial charge on any atom is -0.437 e. The van der Waals surface area contributed by atoms with E-state index in [1.54, 1.807) is 18.6 Å². The molecule has 0 saturated carbocycles. The fourth-order valence-electron chi connectivity index (χ4n) is 1.47. The molecule has 4 nitrogen and oxygen atoms in total. The number of nitrogens with one attached hydrogen (secondary N) is 1. The van der Waals surface area contributed by atoms with Crippen molar-refractivity contribution in [1.82, 2.24) is 15.3 Å². The molecule has 94 valence electrons. The fourth-order valence-corrected chi connectivity index (χ4v) is 1.84. The van der Waals surface area contributed by atoms with Crippen LogP contribution in [0.1, 0.15) is 12.5 Å². The van der Waals surface area contributed by atoms with Crippen LogP contribution >= 0.6 is 15.9 Å². The van der Waals surface area contributed by atoms with Crippen LogP contribution < -0.4 is 10.1 Å². The van der Waals surface area contributed by atoms with E-state index in [-0.39, 0.29) is 0 Å². The maximum Gasteiger partial charge on any atom is 0.223 e. The Morgan fingerprint density at radius 2 is 2.28 bits per heavy atom. The fraction of sp³-hybridized carbons (Fsp3) is 0.231. The summed E-state index contributed by atoms with van der Waals surface area (Å²) < 4.78 is 6.67. The predicted octanol–water partition coefficient (Wildman–Crippen LogP) is 3.14. The van der Waals surface area contributed by atoms with Crippen LogP contribution in [-0.4, -0.2) is 16.5 Å². The summed E-state index contributed by atoms with van der Waals surface area (Å²) in [6, 6.07) is 5.69. The normalized spacial score (nSPS) is 10.3. The van der Waals surface area contributed by atoms with Crippen LogP contribution in [0.15, 0.2) is 41.3 Å². The number of ether oxygens (including phenoxy) is 1. The lowest BCUT2D eigenvalue weighted by Crippen LogP contribution is -2.12. The molecule has 0 amide bonds. The molecule has 5 heteroatoms. The quantitative estimate of drug-likeness (QED) is 0.922. The van der Waals surface area contributed by atoms with Crippen molar-refractivity contribution in [3.8, 4) is 11.6 Å². The molecule has 2 aromatic rings. The average Bonchev–Trinajstić information content (AvgIpc) is 2.40. The van der Waals surface area contributed by atoms with E-state index in [2.05, 4.69) is 38.1 Å². The van der Waals surface area contributed by atoms with E-state index >= 15 is 0 Å². The zero-order valence-corrected chi connectivity index (χ0v) is 11.6. The van der Waals surface area contributed by atoms with E-state index in [9.17, 15) is 0 Å². The molecule has 1 N–H and O–H groups in total. The van der Waals surface area contributed by atoms with Crippen LogP contribution in [0.25, 0.3) is 0 Å². The van der Waals surface area contributed by atoms with E-state index in [1.165, 1.54) is 0 Å². The minimum absolute atomic E-state index is 0.604. The molecule has 0 atom stereocenters. The highest BCUT2D eigenvalue weighted by Gasteiger charge is 2.07. The van der Waals surface area contributed by atoms with Crippen molar-refractivity contribution in [2.45, 2.75) is 13.5 Å². The van der Waals surface area contributed by atoms with Crippen molar-refractivity contribution in [3.63, 3.8) is 0 Å². The first-order valence-corrected chi connectivity index (χ1v) is 6.52. The summed E-state index contributed by atoms with van der Waals surface area (Å²) in [5.74, 6) is 1.29. The molecule has 2 heterocycles. The van der Waals surface area contributed by atoms with Gasteiger partial charge in [0.05, 0.1) is 6.20 Å². The second-order valence-corrected chi connectivity index (χ2v) is 4.60. The van der Waals surface area contributed by atoms with Crippen LogP contribution in [0.4, 0.5) is 0 Å². The summed E-state index contributed by atoms with van der Waals surface area (Å²) in [7, 11) is 0. The number of halogens is 1. The lowest BCUT2D eigenvalue weighted by Gasteiger charge is -2.10. The van der Waals surface area contributed by atoms with Gasteiger partial charge in [-0.15, -0.1) is 0 Å². The van der Waals surface area contributed by atoms with Crippen molar-refractivity contribution < 1.29 is 4.74 Å². The molecule has 0 fully saturated rings. The third kappa shape index (κ3) is 3.51. The highest BCUT2D eigenvalue weighted by Crippen LogP contribution is 2.24. The van der Waals surface area contributed by atoms with Gasteiger partial charge in [-0.1, -0.05) is 6.92 Å². The van der Waals surface area contributed by atoms with Crippen LogP contribution in [-0.2, 0) is 6.54 Å². The SMILES string of the molecule is CCNCc1cc(Br)cnc1Oc1cccnc1. The summed E-state index contributed by atoms with van der Waals surface area (Å²) in [6.45, 7) is 3.68. The Morgan fingerprint density at radius 1 is 1.39 bits per heavy atom. The van der Waals surface area contributed by atoms with Gasteiger partial charge in [-0.05, 0) is 40.7 Å². The second kappa shape index (κ2) is 6.47. The topological polar surface area (TPSA) is 47.0 Å². The Labute approximate surface area is 115 Å². The molecular formula is C13H14BrN3O. The summed E-state index contributed by atoms with van der Waals surface area (Å²) in [5, 5.41) is 3.26. The smallest absolute Gasteiger partial charge is 0.223 e. The van der Waals surface area contributed by atoms with Crippen molar-refractivity contribution >= 4 is 15.9 Å². The van der Waals surface area contributed by atoms with Gasteiger partial charge in [-0.3, -0.25) is 4.98 Å². The summed E-state index contributed by atoms with van der Waals surface area (Å²) in [4.78, 5) is 8.30. The average molecular weight is 308 g/mol. The molecule has 0 bridgehead atoms. The van der Waals surface area contributed by atoms with Gasteiger partial charge in [0.15, 0.2) is 0 Å². The Morgan fingerprint density at radius 3 is 3.00 bits per heavy atom. The Balaban J connectivity index is 2.21. The van der Waals surface area contributed by atoms with Crippen molar-refractivity contribution in [1.29, 1.82) is 0 Å². The number of nitrogens with zero attached hydrogens (tertiary/aromatic N) is 2. The molecular weight excluding hydrogens is 294 g/mol. The molecule has 0 saturated heterocycles. The maximum atomic E-state index is 5.73. The number of hydrogen-bond donors (Lipinski definition) is 1. The van der Waals surface area contributed by atoms with Gasteiger partial charge < -0.3 is 10.1 Å². The van der Waals surface area contributed by atoms with Gasteiger partial charge in [-0.25, -0.2) is 4.98 Å². The molecule has 18 heavy (non-hydrogen) atoms. The third-order valence-corrected chi connectivity index (χ3v) is 2.74. The first kappa shape index (κ1) is 13.0.